The van der Waals surface area contributed by atoms with E-state index >= 15 is 0 Å². The summed E-state index contributed by atoms with van der Waals surface area (Å²) in [6.45, 7) is 4.27. The van der Waals surface area contributed by atoms with Gasteiger partial charge in [-0.05, 0) is 47.2 Å². The fraction of sp³-hybridized carbons (Fsp3) is 0.179. The summed E-state index contributed by atoms with van der Waals surface area (Å²) in [5.74, 6) is 0.0143. The van der Waals surface area contributed by atoms with Crippen LogP contribution in [-0.4, -0.2) is 20.8 Å². The summed E-state index contributed by atoms with van der Waals surface area (Å²) in [4.78, 5) is 26.4. The highest BCUT2D eigenvalue weighted by Gasteiger charge is 2.26. The number of benzene rings is 2. The van der Waals surface area contributed by atoms with Crippen molar-refractivity contribution >= 4 is 30.5 Å². The van der Waals surface area contributed by atoms with Gasteiger partial charge in [0.1, 0.15) is 10.4 Å². The molecule has 0 saturated heterocycles. The molecule has 0 bridgehead atoms. The van der Waals surface area contributed by atoms with Crippen LogP contribution in [-0.2, 0) is 13.0 Å². The second-order valence-electron chi connectivity index (χ2n) is 8.78. The monoisotopic (exact) mass is 500 g/mol. The minimum atomic E-state index is -1.47. The first-order valence-electron chi connectivity index (χ1n) is 11.6. The van der Waals surface area contributed by atoms with Crippen molar-refractivity contribution in [3.8, 4) is 5.95 Å². The summed E-state index contributed by atoms with van der Waals surface area (Å²) in [7, 11) is 0. The van der Waals surface area contributed by atoms with Crippen molar-refractivity contribution in [2.75, 3.05) is 0 Å². The van der Waals surface area contributed by atoms with E-state index in [1.54, 1.807) is 12.3 Å². The van der Waals surface area contributed by atoms with Crippen molar-refractivity contribution in [2.45, 2.75) is 32.7 Å². The molecule has 1 atom stereocenters. The van der Waals surface area contributed by atoms with Gasteiger partial charge in [-0.25, -0.2) is 9.59 Å². The van der Waals surface area contributed by atoms with Crippen LogP contribution in [0.2, 0.25) is 0 Å². The molecule has 1 aliphatic rings. The fourth-order valence-electron chi connectivity index (χ4n) is 4.64. The molecular weight excluding hydrogens is 476 g/mol. The lowest BCUT2D eigenvalue weighted by Crippen LogP contribution is -2.25. The van der Waals surface area contributed by atoms with E-state index < -0.39 is 11.8 Å². The van der Waals surface area contributed by atoms with Crippen molar-refractivity contribution in [2.24, 2.45) is 0 Å². The number of fused-ring (bicyclic) bond motifs is 2. The van der Waals surface area contributed by atoms with E-state index in [1.807, 2.05) is 0 Å². The second-order valence-corrected chi connectivity index (χ2v) is 9.18. The van der Waals surface area contributed by atoms with Gasteiger partial charge in [-0.15, -0.1) is 0 Å². The van der Waals surface area contributed by atoms with E-state index in [1.165, 1.54) is 16.2 Å². The first-order valence-corrected chi connectivity index (χ1v) is 12.0. The predicted molar refractivity (Wildman–Crippen MR) is 139 cm³/mol. The zero-order valence-corrected chi connectivity index (χ0v) is 20.6. The number of hydrogen-bond acceptors (Lipinski definition) is 5. The molecule has 5 rings (SSSR count). The number of H-pyrrole nitrogens is 1. The molecule has 4 aromatic rings. The Morgan fingerprint density at radius 3 is 2.53 bits per heavy atom. The Bertz CT molecular complexity index is 1630. The number of carbonyl (C=O) groups is 1. The number of nitrogens with zero attached hydrogens (tertiary/aromatic N) is 1. The number of carboxylic acid groups (broad SMARTS) is 1. The molecular formula is C28H24N2O5S. The largest absolute Gasteiger partial charge is 0.513 e. The molecule has 182 valence electrons. The zero-order valence-electron chi connectivity index (χ0n) is 19.8. The Morgan fingerprint density at radius 2 is 1.81 bits per heavy atom. The van der Waals surface area contributed by atoms with E-state index in [-0.39, 0.29) is 18.4 Å². The van der Waals surface area contributed by atoms with Crippen LogP contribution in [0.1, 0.15) is 57.5 Å². The van der Waals surface area contributed by atoms with E-state index in [0.717, 1.165) is 39.8 Å². The predicted octanol–water partition coefficient (Wildman–Crippen LogP) is 6.14. The molecule has 0 spiro atoms. The lowest BCUT2D eigenvalue weighted by molar-refractivity contribution is 0.132. The zero-order chi connectivity index (χ0) is 25.4. The maximum atomic E-state index is 12.8. The molecule has 7 nitrogen and oxygen atoms in total. The normalized spacial score (nSPS) is 14.1. The Labute approximate surface area is 212 Å². The number of nitrogens with one attached hydrogen (secondary N) is 1. The fourth-order valence-corrected chi connectivity index (χ4v) is 4.89. The average Bonchev–Trinajstić information content (AvgIpc) is 3.21. The number of aromatic amines is 1. The number of aromatic nitrogens is 2. The molecule has 2 aromatic heterocycles. The van der Waals surface area contributed by atoms with E-state index in [2.05, 4.69) is 72.1 Å². The van der Waals surface area contributed by atoms with Gasteiger partial charge in [-0.1, -0.05) is 73.3 Å². The van der Waals surface area contributed by atoms with Gasteiger partial charge < -0.3 is 14.3 Å². The van der Waals surface area contributed by atoms with E-state index in [0.29, 0.717) is 10.4 Å². The Hall–Kier alpha value is -4.17. The van der Waals surface area contributed by atoms with Gasteiger partial charge >= 0.3 is 11.8 Å². The molecule has 36 heavy (non-hydrogen) atoms. The number of rotatable bonds is 5. The molecule has 0 radical (unpaired) electrons. The lowest BCUT2D eigenvalue weighted by atomic mass is 9.82. The molecule has 2 heterocycles. The highest BCUT2D eigenvalue weighted by molar-refractivity contribution is 7.71. The average molecular weight is 501 g/mol. The van der Waals surface area contributed by atoms with Crippen LogP contribution in [0.4, 0.5) is 4.79 Å². The minimum absolute atomic E-state index is 0.0777. The standard InChI is InChI=1S/C28H24N2O5S/c1-3-17-5-10-22-19(13-17)7-6-18-12-16(2)4-9-21(18)25(22)23-15-30(27(31)29-26(23)36)14-20-8-11-24(34-20)35-28(32)33/h4-13,15,25H,3,14H2,1-2H3,(H,32,33)(H,29,31,36). The van der Waals surface area contributed by atoms with Crippen molar-refractivity contribution in [1.29, 1.82) is 0 Å². The summed E-state index contributed by atoms with van der Waals surface area (Å²) >= 11 is 5.67. The molecule has 0 saturated carbocycles. The summed E-state index contributed by atoms with van der Waals surface area (Å²) < 4.78 is 11.8. The molecule has 2 N–H and O–H groups in total. The quantitative estimate of drug-likeness (QED) is 0.222. The molecule has 0 aliphatic heterocycles. The van der Waals surface area contributed by atoms with Crippen LogP contribution in [0.5, 0.6) is 5.95 Å². The van der Waals surface area contributed by atoms with Gasteiger partial charge in [0.2, 0.25) is 0 Å². The first-order chi connectivity index (χ1) is 17.3. The topological polar surface area (TPSA) is 97.5 Å². The maximum Gasteiger partial charge on any atom is 0.513 e. The van der Waals surface area contributed by atoms with Crippen LogP contribution in [0.3, 0.4) is 0 Å². The number of furan rings is 1. The van der Waals surface area contributed by atoms with E-state index in [4.69, 9.17) is 21.7 Å². The summed E-state index contributed by atoms with van der Waals surface area (Å²) in [5, 5.41) is 8.80. The van der Waals surface area contributed by atoms with Gasteiger partial charge in [-0.2, -0.15) is 0 Å². The highest BCUT2D eigenvalue weighted by Crippen LogP contribution is 2.40. The van der Waals surface area contributed by atoms with Gasteiger partial charge in [-0.3, -0.25) is 9.55 Å². The first kappa shape index (κ1) is 23.6. The van der Waals surface area contributed by atoms with Crippen molar-refractivity contribution in [3.05, 3.63) is 115 Å². The van der Waals surface area contributed by atoms with Gasteiger partial charge in [0, 0.05) is 23.7 Å². The summed E-state index contributed by atoms with van der Waals surface area (Å²) in [6.07, 6.45) is 5.50. The molecule has 2 aromatic carbocycles. The SMILES string of the molecule is CCc1ccc2c(c1)C=Cc1cc(C)ccc1C2c1cn(Cc2ccc(OC(=O)O)o2)c(=O)[nH]c1=S. The van der Waals surface area contributed by atoms with Crippen molar-refractivity contribution < 1.29 is 19.1 Å². The third-order valence-corrected chi connectivity index (χ3v) is 6.70. The highest BCUT2D eigenvalue weighted by atomic mass is 32.1. The van der Waals surface area contributed by atoms with Gasteiger partial charge in [0.05, 0.1) is 6.54 Å². The van der Waals surface area contributed by atoms with Crippen LogP contribution < -0.4 is 10.4 Å². The number of ether oxygens (including phenoxy) is 1. The Kier molecular flexibility index (Phi) is 6.20. The summed E-state index contributed by atoms with van der Waals surface area (Å²) in [5.41, 5.74) is 7.21. The third-order valence-electron chi connectivity index (χ3n) is 6.37. The van der Waals surface area contributed by atoms with Crippen molar-refractivity contribution in [3.63, 3.8) is 0 Å². The lowest BCUT2D eigenvalue weighted by Gasteiger charge is -2.22. The van der Waals surface area contributed by atoms with Crippen LogP contribution in [0.25, 0.3) is 12.2 Å². The van der Waals surface area contributed by atoms with Gasteiger partial charge in [0.25, 0.3) is 5.95 Å². The summed E-state index contributed by atoms with van der Waals surface area (Å²) in [6, 6.07) is 15.8. The number of hydrogen-bond donors (Lipinski definition) is 2. The molecule has 0 amide bonds. The molecule has 0 fully saturated rings. The smallest absolute Gasteiger partial charge is 0.449 e. The van der Waals surface area contributed by atoms with Gasteiger partial charge in [0.15, 0.2) is 0 Å². The number of aryl methyl sites for hydroxylation is 2. The van der Waals surface area contributed by atoms with Crippen molar-refractivity contribution in [1.82, 2.24) is 9.55 Å². The van der Waals surface area contributed by atoms with Crippen LogP contribution >= 0.6 is 12.2 Å². The molecule has 8 heteroatoms. The minimum Gasteiger partial charge on any atom is -0.449 e. The molecule has 1 unspecified atom stereocenters. The van der Waals surface area contributed by atoms with E-state index in [9.17, 15) is 9.59 Å². The Morgan fingerprint density at radius 1 is 1.08 bits per heavy atom. The molecule has 1 aliphatic carbocycles. The maximum absolute atomic E-state index is 12.8. The van der Waals surface area contributed by atoms with Crippen LogP contribution in [0.15, 0.2) is 63.9 Å². The Balaban J connectivity index is 1.65. The van der Waals surface area contributed by atoms with Crippen LogP contribution in [0, 0.1) is 11.6 Å². The third kappa shape index (κ3) is 4.55. The second kappa shape index (κ2) is 9.47.